The number of hydrogen-bond acceptors (Lipinski definition) is 3. The van der Waals surface area contributed by atoms with Gasteiger partial charge >= 0.3 is 5.97 Å². The monoisotopic (exact) mass is 388 g/mol. The molecule has 0 fully saturated rings. The molecule has 1 aromatic carbocycles. The molecule has 0 radical (unpaired) electrons. The van der Waals surface area contributed by atoms with Crippen LogP contribution in [-0.4, -0.2) is 16.1 Å². The molecular formula is C18H23Cl2FN2O2. The Bertz CT molecular complexity index is 735. The van der Waals surface area contributed by atoms with Gasteiger partial charge in [-0.1, -0.05) is 26.0 Å². The van der Waals surface area contributed by atoms with Crippen LogP contribution >= 0.6 is 24.8 Å². The van der Waals surface area contributed by atoms with Gasteiger partial charge in [0.2, 0.25) is 0 Å². The lowest BCUT2D eigenvalue weighted by Gasteiger charge is -2.19. The lowest BCUT2D eigenvalue weighted by atomic mass is 9.90. The second-order valence-corrected chi connectivity index (χ2v) is 5.99. The molecule has 0 unspecified atom stereocenters. The van der Waals surface area contributed by atoms with Gasteiger partial charge in [-0.25, -0.2) is 9.18 Å². The molecule has 0 spiro atoms. The number of aromatic nitrogens is 1. The zero-order valence-electron chi connectivity index (χ0n) is 14.4. The molecule has 0 aliphatic carbocycles. The van der Waals surface area contributed by atoms with Crippen LogP contribution in [-0.2, 0) is 13.0 Å². The minimum atomic E-state index is -1.06. The Kier molecular flexibility index (Phi) is 9.05. The van der Waals surface area contributed by atoms with Crippen molar-refractivity contribution in [2.45, 2.75) is 33.7 Å². The highest BCUT2D eigenvalue weighted by Crippen LogP contribution is 2.32. The van der Waals surface area contributed by atoms with E-state index in [0.29, 0.717) is 34.7 Å². The van der Waals surface area contributed by atoms with Gasteiger partial charge in [0, 0.05) is 17.8 Å². The van der Waals surface area contributed by atoms with E-state index in [4.69, 9.17) is 5.73 Å². The van der Waals surface area contributed by atoms with Gasteiger partial charge in [-0.3, -0.25) is 4.98 Å². The third-order valence-corrected chi connectivity index (χ3v) is 3.72. The van der Waals surface area contributed by atoms with Gasteiger partial charge in [0.15, 0.2) is 0 Å². The average molecular weight is 389 g/mol. The Hall–Kier alpha value is -1.69. The zero-order valence-corrected chi connectivity index (χ0v) is 16.0. The molecule has 0 atom stereocenters. The number of pyridine rings is 1. The second-order valence-electron chi connectivity index (χ2n) is 5.99. The quantitative estimate of drug-likeness (QED) is 0.795. The fraction of sp³-hybridized carbons (Fsp3) is 0.333. The summed E-state index contributed by atoms with van der Waals surface area (Å²) in [5, 5.41) is 9.60. The summed E-state index contributed by atoms with van der Waals surface area (Å²) in [6.45, 7) is 6.00. The van der Waals surface area contributed by atoms with Crippen LogP contribution in [0.1, 0.15) is 41.2 Å². The molecule has 1 aromatic heterocycles. The van der Waals surface area contributed by atoms with Crippen LogP contribution in [0.2, 0.25) is 0 Å². The normalized spacial score (nSPS) is 10.2. The predicted molar refractivity (Wildman–Crippen MR) is 102 cm³/mol. The summed E-state index contributed by atoms with van der Waals surface area (Å²) in [6.07, 6.45) is 0.710. The van der Waals surface area contributed by atoms with E-state index in [1.54, 1.807) is 19.1 Å². The van der Waals surface area contributed by atoms with Crippen molar-refractivity contribution >= 4 is 30.8 Å². The van der Waals surface area contributed by atoms with Crippen molar-refractivity contribution in [1.82, 2.24) is 4.98 Å². The van der Waals surface area contributed by atoms with E-state index in [9.17, 15) is 14.3 Å². The minimum absolute atomic E-state index is 0. The van der Waals surface area contributed by atoms with Gasteiger partial charge in [0.25, 0.3) is 0 Å². The third-order valence-electron chi connectivity index (χ3n) is 3.72. The molecule has 7 heteroatoms. The molecule has 0 aliphatic rings. The molecule has 0 aliphatic heterocycles. The maximum atomic E-state index is 13.2. The van der Waals surface area contributed by atoms with Crippen molar-refractivity contribution in [3.63, 3.8) is 0 Å². The van der Waals surface area contributed by atoms with Crippen molar-refractivity contribution in [2.24, 2.45) is 11.7 Å². The van der Waals surface area contributed by atoms with Crippen LogP contribution < -0.4 is 5.73 Å². The first-order chi connectivity index (χ1) is 10.8. The zero-order chi connectivity index (χ0) is 17.1. The Morgan fingerprint density at radius 3 is 2.24 bits per heavy atom. The highest BCUT2D eigenvalue weighted by Gasteiger charge is 2.23. The molecular weight excluding hydrogens is 366 g/mol. The minimum Gasteiger partial charge on any atom is -0.478 e. The van der Waals surface area contributed by atoms with Crippen LogP contribution in [0, 0.1) is 18.7 Å². The number of carboxylic acid groups (broad SMARTS) is 1. The number of benzene rings is 1. The van der Waals surface area contributed by atoms with E-state index in [1.165, 1.54) is 12.1 Å². The highest BCUT2D eigenvalue weighted by atomic mass is 35.5. The molecule has 2 aromatic rings. The fourth-order valence-electron chi connectivity index (χ4n) is 2.77. The van der Waals surface area contributed by atoms with Crippen molar-refractivity contribution in [3.05, 3.63) is 52.6 Å². The van der Waals surface area contributed by atoms with Gasteiger partial charge in [-0.05, 0) is 42.5 Å². The Morgan fingerprint density at radius 1 is 1.24 bits per heavy atom. The van der Waals surface area contributed by atoms with Gasteiger partial charge in [0.05, 0.1) is 11.3 Å². The maximum Gasteiger partial charge on any atom is 0.338 e. The number of rotatable bonds is 5. The number of nitrogens with two attached hydrogens (primary N) is 1. The van der Waals surface area contributed by atoms with E-state index >= 15 is 0 Å². The molecule has 0 amide bonds. The second kappa shape index (κ2) is 9.70. The molecule has 0 saturated heterocycles. The molecule has 1 heterocycles. The first-order valence-corrected chi connectivity index (χ1v) is 7.56. The fourth-order valence-corrected chi connectivity index (χ4v) is 2.77. The van der Waals surface area contributed by atoms with E-state index < -0.39 is 5.97 Å². The Labute approximate surface area is 159 Å². The topological polar surface area (TPSA) is 76.2 Å². The summed E-state index contributed by atoms with van der Waals surface area (Å²) < 4.78 is 13.2. The third kappa shape index (κ3) is 5.14. The molecule has 0 saturated carbocycles. The molecule has 25 heavy (non-hydrogen) atoms. The van der Waals surface area contributed by atoms with Crippen LogP contribution in [0.25, 0.3) is 11.1 Å². The lowest BCUT2D eigenvalue weighted by Crippen LogP contribution is -2.15. The number of aryl methyl sites for hydroxylation is 1. The summed E-state index contributed by atoms with van der Waals surface area (Å²) >= 11 is 0. The summed E-state index contributed by atoms with van der Waals surface area (Å²) in [7, 11) is 0. The molecule has 138 valence electrons. The van der Waals surface area contributed by atoms with Crippen molar-refractivity contribution in [3.8, 4) is 11.1 Å². The number of aromatic carboxylic acids is 1. The number of carboxylic acids is 1. The van der Waals surface area contributed by atoms with Crippen molar-refractivity contribution < 1.29 is 14.3 Å². The van der Waals surface area contributed by atoms with E-state index in [2.05, 4.69) is 18.8 Å². The predicted octanol–water partition coefficient (Wildman–Crippen LogP) is 4.40. The van der Waals surface area contributed by atoms with Gasteiger partial charge in [-0.15, -0.1) is 24.8 Å². The molecule has 3 N–H and O–H groups in total. The highest BCUT2D eigenvalue weighted by molar-refractivity contribution is 5.98. The van der Waals surface area contributed by atoms with E-state index in [0.717, 1.165) is 5.69 Å². The van der Waals surface area contributed by atoms with Crippen molar-refractivity contribution in [1.29, 1.82) is 0 Å². The van der Waals surface area contributed by atoms with E-state index in [-0.39, 0.29) is 42.7 Å². The SMILES string of the molecule is Cc1nc(CC(C)C)c(CN)c(-c2ccc(F)cc2)c1C(=O)O.Cl.Cl. The van der Waals surface area contributed by atoms with Gasteiger partial charge in [0.1, 0.15) is 5.82 Å². The molecule has 4 nitrogen and oxygen atoms in total. The average Bonchev–Trinajstić information content (AvgIpc) is 2.46. The van der Waals surface area contributed by atoms with Crippen molar-refractivity contribution in [2.75, 3.05) is 0 Å². The summed E-state index contributed by atoms with van der Waals surface area (Å²) in [6, 6.07) is 5.79. The number of carbonyl (C=O) groups is 1. The molecule has 0 bridgehead atoms. The van der Waals surface area contributed by atoms with E-state index in [1.807, 2.05) is 0 Å². The molecule has 2 rings (SSSR count). The maximum absolute atomic E-state index is 13.2. The summed E-state index contributed by atoms with van der Waals surface area (Å²) in [5.41, 5.74) is 9.19. The summed E-state index contributed by atoms with van der Waals surface area (Å²) in [4.78, 5) is 16.2. The smallest absolute Gasteiger partial charge is 0.338 e. The lowest BCUT2D eigenvalue weighted by molar-refractivity contribution is 0.0696. The van der Waals surface area contributed by atoms with Crippen LogP contribution in [0.3, 0.4) is 0 Å². The van der Waals surface area contributed by atoms with Crippen LogP contribution in [0.15, 0.2) is 24.3 Å². The van der Waals surface area contributed by atoms with Gasteiger partial charge < -0.3 is 10.8 Å². The number of nitrogens with zero attached hydrogens (tertiary/aromatic N) is 1. The standard InChI is InChI=1S/C18H21FN2O2.2ClH/c1-10(2)8-15-14(9-20)17(12-4-6-13(19)7-5-12)16(18(22)23)11(3)21-15;;/h4-7,10H,8-9,20H2,1-3H3,(H,22,23);2*1H. The summed E-state index contributed by atoms with van der Waals surface area (Å²) in [5.74, 6) is -1.06. The Morgan fingerprint density at radius 2 is 1.80 bits per heavy atom. The largest absolute Gasteiger partial charge is 0.478 e. The number of halogens is 3. The number of hydrogen-bond donors (Lipinski definition) is 2. The first kappa shape index (κ1) is 23.3. The van der Waals surface area contributed by atoms with Gasteiger partial charge in [-0.2, -0.15) is 0 Å². The van der Waals surface area contributed by atoms with Crippen LogP contribution in [0.4, 0.5) is 4.39 Å². The first-order valence-electron chi connectivity index (χ1n) is 7.56. The Balaban J connectivity index is 0.00000288. The van der Waals surface area contributed by atoms with Crippen LogP contribution in [0.5, 0.6) is 0 Å².